The number of benzene rings is 1. The smallest absolute Gasteiger partial charge is 0.244 e. The van der Waals surface area contributed by atoms with Crippen LogP contribution in [-0.2, 0) is 20.9 Å². The normalized spacial score (nSPS) is 12.0. The lowest BCUT2D eigenvalue weighted by atomic mass is 10.1. The van der Waals surface area contributed by atoms with Crippen LogP contribution in [0, 0.1) is 13.8 Å². The van der Waals surface area contributed by atoms with Gasteiger partial charge in [-0.15, -0.1) is 0 Å². The second-order valence-electron chi connectivity index (χ2n) is 6.25. The quantitative estimate of drug-likeness (QED) is 0.576. The summed E-state index contributed by atoms with van der Waals surface area (Å²) in [5.41, 5.74) is 7.58. The van der Waals surface area contributed by atoms with Crippen molar-refractivity contribution in [2.75, 3.05) is 20.8 Å². The van der Waals surface area contributed by atoms with Crippen molar-refractivity contribution in [2.24, 2.45) is 5.73 Å². The highest BCUT2D eigenvalue weighted by Gasteiger charge is 2.16. The molecule has 1 aromatic heterocycles. The number of carbonyl (C=O) groups is 2. The Kier molecular flexibility index (Phi) is 7.79. The second kappa shape index (κ2) is 10.3. The summed E-state index contributed by atoms with van der Waals surface area (Å²) < 4.78 is 21.2. The molecule has 0 bridgehead atoms. The minimum Gasteiger partial charge on any atom is -0.493 e. The zero-order valence-corrected chi connectivity index (χ0v) is 16.9. The minimum atomic E-state index is -0.896. The third-order valence-electron chi connectivity index (χ3n) is 4.16. The van der Waals surface area contributed by atoms with Crippen molar-refractivity contribution in [3.8, 4) is 11.5 Å². The Morgan fingerprint density at radius 1 is 1.28 bits per heavy atom. The number of rotatable bonds is 10. The van der Waals surface area contributed by atoms with Crippen molar-refractivity contribution in [2.45, 2.75) is 26.5 Å². The van der Waals surface area contributed by atoms with E-state index in [1.54, 1.807) is 24.3 Å². The Morgan fingerprint density at radius 3 is 2.62 bits per heavy atom. The van der Waals surface area contributed by atoms with E-state index in [1.165, 1.54) is 20.3 Å². The number of aromatic nitrogens is 1. The molecule has 9 nitrogen and oxygen atoms in total. The largest absolute Gasteiger partial charge is 0.493 e. The van der Waals surface area contributed by atoms with E-state index in [0.717, 1.165) is 11.3 Å². The van der Waals surface area contributed by atoms with Crippen LogP contribution >= 0.6 is 0 Å². The molecule has 29 heavy (non-hydrogen) atoms. The number of nitrogens with one attached hydrogen (secondary N) is 1. The average Bonchev–Trinajstić information content (AvgIpc) is 3.02. The molecule has 0 saturated carbocycles. The maximum absolute atomic E-state index is 12.0. The average molecular weight is 403 g/mol. The van der Waals surface area contributed by atoms with Gasteiger partial charge in [0.15, 0.2) is 11.5 Å². The number of hydrogen-bond donors (Lipinski definition) is 2. The number of nitrogens with two attached hydrogens (primary N) is 1. The van der Waals surface area contributed by atoms with Crippen LogP contribution in [0.2, 0.25) is 0 Å². The van der Waals surface area contributed by atoms with Crippen LogP contribution in [0.25, 0.3) is 6.08 Å². The Morgan fingerprint density at radius 2 is 2.03 bits per heavy atom. The van der Waals surface area contributed by atoms with E-state index in [4.69, 9.17) is 24.5 Å². The number of amides is 2. The molecule has 2 amide bonds. The third kappa shape index (κ3) is 6.08. The molecule has 2 aromatic rings. The van der Waals surface area contributed by atoms with Gasteiger partial charge in [0.2, 0.25) is 11.8 Å². The van der Waals surface area contributed by atoms with Crippen LogP contribution in [0.4, 0.5) is 0 Å². The van der Waals surface area contributed by atoms with Crippen LogP contribution in [0.5, 0.6) is 11.5 Å². The molecule has 0 radical (unpaired) electrons. The molecule has 3 N–H and O–H groups in total. The lowest BCUT2D eigenvalue weighted by Gasteiger charge is -2.13. The highest BCUT2D eigenvalue weighted by Crippen LogP contribution is 2.30. The molecular formula is C20H25N3O6. The molecule has 1 atom stereocenters. The molecule has 156 valence electrons. The van der Waals surface area contributed by atoms with Gasteiger partial charge in [0.1, 0.15) is 18.4 Å². The molecule has 2 rings (SSSR count). The van der Waals surface area contributed by atoms with Crippen molar-refractivity contribution in [3.05, 3.63) is 46.9 Å². The van der Waals surface area contributed by atoms with Crippen LogP contribution in [-0.4, -0.2) is 43.8 Å². The Balaban J connectivity index is 2.04. The molecule has 1 heterocycles. The van der Waals surface area contributed by atoms with Crippen molar-refractivity contribution < 1.29 is 28.3 Å². The van der Waals surface area contributed by atoms with E-state index in [9.17, 15) is 9.59 Å². The number of methoxy groups -OCH3 is 2. The first-order valence-electron chi connectivity index (χ1n) is 8.85. The van der Waals surface area contributed by atoms with E-state index in [0.29, 0.717) is 29.4 Å². The monoisotopic (exact) mass is 403 g/mol. The standard InChI is InChI=1S/C20H25N3O6/c1-12-15(13(2)29-23-12)10-28-17-7-5-14(9-18(17)27-4)6-8-19(24)22-16(11-26-3)20(21)25/h5-9,16H,10-11H2,1-4H3,(H2,21,25)(H,22,24). The van der Waals surface area contributed by atoms with Gasteiger partial charge in [0, 0.05) is 13.2 Å². The molecular weight excluding hydrogens is 378 g/mol. The zero-order chi connectivity index (χ0) is 21.4. The van der Waals surface area contributed by atoms with Gasteiger partial charge in [-0.2, -0.15) is 0 Å². The van der Waals surface area contributed by atoms with Gasteiger partial charge in [0.05, 0.1) is 25.0 Å². The summed E-state index contributed by atoms with van der Waals surface area (Å²) >= 11 is 0. The van der Waals surface area contributed by atoms with Gasteiger partial charge in [-0.25, -0.2) is 0 Å². The summed E-state index contributed by atoms with van der Waals surface area (Å²) in [5, 5.41) is 6.38. The number of primary amides is 1. The maximum atomic E-state index is 12.0. The van der Waals surface area contributed by atoms with Gasteiger partial charge in [-0.05, 0) is 37.6 Å². The van der Waals surface area contributed by atoms with E-state index in [-0.39, 0.29) is 6.61 Å². The van der Waals surface area contributed by atoms with Crippen molar-refractivity contribution >= 4 is 17.9 Å². The second-order valence-corrected chi connectivity index (χ2v) is 6.25. The van der Waals surface area contributed by atoms with Crippen LogP contribution < -0.4 is 20.5 Å². The summed E-state index contributed by atoms with van der Waals surface area (Å²) in [5.74, 6) is 0.616. The fourth-order valence-electron chi connectivity index (χ4n) is 2.52. The SMILES string of the molecule is COCC(NC(=O)C=Cc1ccc(OCc2c(C)noc2C)c(OC)c1)C(N)=O. The molecule has 1 unspecified atom stereocenters. The first-order valence-corrected chi connectivity index (χ1v) is 8.85. The fraction of sp³-hybridized carbons (Fsp3) is 0.350. The van der Waals surface area contributed by atoms with E-state index in [2.05, 4.69) is 10.5 Å². The first-order chi connectivity index (χ1) is 13.8. The number of nitrogens with zero attached hydrogens (tertiary/aromatic N) is 1. The summed E-state index contributed by atoms with van der Waals surface area (Å²) in [6, 6.07) is 4.35. The van der Waals surface area contributed by atoms with E-state index < -0.39 is 17.9 Å². The topological polar surface area (TPSA) is 126 Å². The molecule has 0 saturated heterocycles. The number of ether oxygens (including phenoxy) is 3. The number of aryl methyl sites for hydroxylation is 2. The predicted molar refractivity (Wildman–Crippen MR) is 105 cm³/mol. The van der Waals surface area contributed by atoms with Crippen molar-refractivity contribution in [1.29, 1.82) is 0 Å². The molecule has 0 aliphatic rings. The molecule has 0 aliphatic heterocycles. The van der Waals surface area contributed by atoms with Crippen LogP contribution in [0.15, 0.2) is 28.8 Å². The van der Waals surface area contributed by atoms with Gasteiger partial charge >= 0.3 is 0 Å². The minimum absolute atomic E-state index is 0.0000956. The van der Waals surface area contributed by atoms with E-state index >= 15 is 0 Å². The molecule has 0 fully saturated rings. The maximum Gasteiger partial charge on any atom is 0.244 e. The highest BCUT2D eigenvalue weighted by molar-refractivity contribution is 5.95. The highest BCUT2D eigenvalue weighted by atomic mass is 16.5. The lowest BCUT2D eigenvalue weighted by molar-refractivity contribution is -0.126. The van der Waals surface area contributed by atoms with Crippen LogP contribution in [0.1, 0.15) is 22.6 Å². The van der Waals surface area contributed by atoms with Gasteiger partial charge in [-0.3, -0.25) is 9.59 Å². The summed E-state index contributed by atoms with van der Waals surface area (Å²) in [6.45, 7) is 3.97. The number of carbonyl (C=O) groups excluding carboxylic acids is 2. The molecule has 0 spiro atoms. The Bertz CT molecular complexity index is 871. The van der Waals surface area contributed by atoms with Gasteiger partial charge in [-0.1, -0.05) is 11.2 Å². The Labute approximate surface area is 168 Å². The first kappa shape index (κ1) is 22.0. The fourth-order valence-corrected chi connectivity index (χ4v) is 2.52. The predicted octanol–water partition coefficient (Wildman–Crippen LogP) is 1.51. The lowest BCUT2D eigenvalue weighted by Crippen LogP contribution is -2.46. The van der Waals surface area contributed by atoms with E-state index in [1.807, 2.05) is 13.8 Å². The van der Waals surface area contributed by atoms with Crippen molar-refractivity contribution in [1.82, 2.24) is 10.5 Å². The van der Waals surface area contributed by atoms with Gasteiger partial charge in [0.25, 0.3) is 0 Å². The number of hydrogen-bond acceptors (Lipinski definition) is 7. The summed E-state index contributed by atoms with van der Waals surface area (Å²) in [4.78, 5) is 23.3. The summed E-state index contributed by atoms with van der Waals surface area (Å²) in [7, 11) is 2.94. The summed E-state index contributed by atoms with van der Waals surface area (Å²) in [6.07, 6.45) is 2.88. The van der Waals surface area contributed by atoms with Gasteiger partial charge < -0.3 is 29.8 Å². The third-order valence-corrected chi connectivity index (χ3v) is 4.16. The molecule has 0 aliphatic carbocycles. The van der Waals surface area contributed by atoms with Crippen LogP contribution in [0.3, 0.4) is 0 Å². The Hall–Kier alpha value is -3.33. The zero-order valence-electron chi connectivity index (χ0n) is 16.9. The molecule has 9 heteroatoms. The van der Waals surface area contributed by atoms with Crippen molar-refractivity contribution in [3.63, 3.8) is 0 Å². The molecule has 1 aromatic carbocycles.